The maximum atomic E-state index is 12.3. The van der Waals surface area contributed by atoms with E-state index >= 15 is 0 Å². The fourth-order valence-electron chi connectivity index (χ4n) is 2.00. The third-order valence-electron chi connectivity index (χ3n) is 3.30. The molecule has 0 bridgehead atoms. The third kappa shape index (κ3) is 4.83. The van der Waals surface area contributed by atoms with Gasteiger partial charge in [-0.1, -0.05) is 37.6 Å². The Morgan fingerprint density at radius 1 is 0.958 bits per heavy atom. The Morgan fingerprint density at radius 2 is 1.54 bits per heavy atom. The molecular weight excluding hydrogens is 372 g/mol. The molecule has 0 fully saturated rings. The Labute approximate surface area is 149 Å². The summed E-state index contributed by atoms with van der Waals surface area (Å²) >= 11 is 3.30. The molecule has 0 atom stereocenters. The van der Waals surface area contributed by atoms with Crippen molar-refractivity contribution in [3.8, 4) is 5.75 Å². The first-order valence-corrected chi connectivity index (χ1v) is 8.49. The van der Waals surface area contributed by atoms with Crippen LogP contribution in [0.15, 0.2) is 53.0 Å². The molecule has 2 aromatic rings. The summed E-state index contributed by atoms with van der Waals surface area (Å²) in [5.41, 5.74) is 5.64. The van der Waals surface area contributed by atoms with Gasteiger partial charge in [0.05, 0.1) is 17.7 Å². The van der Waals surface area contributed by atoms with E-state index in [4.69, 9.17) is 4.74 Å². The smallest absolute Gasteiger partial charge is 0.273 e. The predicted octanol–water partition coefficient (Wildman–Crippen LogP) is 3.70. The molecule has 0 aromatic heterocycles. The number of halogens is 1. The van der Waals surface area contributed by atoms with Crippen LogP contribution < -0.4 is 15.6 Å². The zero-order chi connectivity index (χ0) is 17.4. The van der Waals surface area contributed by atoms with Crippen molar-refractivity contribution in [3.63, 3.8) is 0 Å². The molecule has 5 nitrogen and oxygen atoms in total. The number of carbonyl (C=O) groups excluding carboxylic acids is 2. The Hall–Kier alpha value is -2.34. The quantitative estimate of drug-likeness (QED) is 0.583. The van der Waals surface area contributed by atoms with E-state index in [1.807, 2.05) is 6.07 Å². The second kappa shape index (κ2) is 9.08. The van der Waals surface area contributed by atoms with Crippen LogP contribution in [0.2, 0.25) is 0 Å². The van der Waals surface area contributed by atoms with Crippen LogP contribution in [0, 0.1) is 0 Å². The summed E-state index contributed by atoms with van der Waals surface area (Å²) in [7, 11) is 0. The minimum Gasteiger partial charge on any atom is -0.493 e. The Morgan fingerprint density at radius 3 is 2.21 bits per heavy atom. The Bertz CT molecular complexity index is 719. The van der Waals surface area contributed by atoms with Crippen LogP contribution in [-0.4, -0.2) is 18.4 Å². The fourth-order valence-corrected chi connectivity index (χ4v) is 2.46. The van der Waals surface area contributed by atoms with Crippen molar-refractivity contribution < 1.29 is 14.3 Å². The normalized spacial score (nSPS) is 10.1. The van der Waals surface area contributed by atoms with Gasteiger partial charge in [-0.3, -0.25) is 20.4 Å². The first kappa shape index (κ1) is 18.0. The summed E-state index contributed by atoms with van der Waals surface area (Å²) in [6.45, 7) is 2.61. The highest BCUT2D eigenvalue weighted by molar-refractivity contribution is 9.10. The van der Waals surface area contributed by atoms with E-state index in [0.717, 1.165) is 12.8 Å². The number of amides is 2. The standard InChI is InChI=1S/C18H19BrN2O3/c1-2-3-12-24-16-11-7-5-9-14(16)18(23)21-20-17(22)13-8-4-6-10-15(13)19/h4-11H,2-3,12H2,1H3,(H,20,22)(H,21,23). The monoisotopic (exact) mass is 390 g/mol. The van der Waals surface area contributed by atoms with Crippen LogP contribution in [0.5, 0.6) is 5.75 Å². The van der Waals surface area contributed by atoms with Crippen molar-refractivity contribution >= 4 is 27.7 Å². The van der Waals surface area contributed by atoms with Crippen molar-refractivity contribution in [1.29, 1.82) is 0 Å². The van der Waals surface area contributed by atoms with Crippen molar-refractivity contribution in [1.82, 2.24) is 10.9 Å². The topological polar surface area (TPSA) is 67.4 Å². The molecule has 0 aliphatic carbocycles. The molecule has 2 amide bonds. The van der Waals surface area contributed by atoms with Gasteiger partial charge in [0.2, 0.25) is 0 Å². The van der Waals surface area contributed by atoms with Crippen molar-refractivity contribution in [3.05, 3.63) is 64.1 Å². The van der Waals surface area contributed by atoms with Crippen molar-refractivity contribution in [2.24, 2.45) is 0 Å². The third-order valence-corrected chi connectivity index (χ3v) is 3.99. The molecule has 2 N–H and O–H groups in total. The van der Waals surface area contributed by atoms with Crippen molar-refractivity contribution in [2.45, 2.75) is 19.8 Å². The molecular formula is C18H19BrN2O3. The first-order valence-electron chi connectivity index (χ1n) is 7.70. The van der Waals surface area contributed by atoms with Crippen LogP contribution >= 0.6 is 15.9 Å². The second-order valence-electron chi connectivity index (χ2n) is 5.09. The lowest BCUT2D eigenvalue weighted by atomic mass is 10.2. The SMILES string of the molecule is CCCCOc1ccccc1C(=O)NNC(=O)c1ccccc1Br. The zero-order valence-corrected chi connectivity index (χ0v) is 14.9. The first-order chi connectivity index (χ1) is 11.6. The maximum absolute atomic E-state index is 12.3. The van der Waals surface area contributed by atoms with E-state index in [0.29, 0.717) is 28.0 Å². The molecule has 0 saturated heterocycles. The largest absolute Gasteiger partial charge is 0.493 e. The maximum Gasteiger partial charge on any atom is 0.273 e. The van der Waals surface area contributed by atoms with Gasteiger partial charge in [0.15, 0.2) is 0 Å². The molecule has 0 heterocycles. The van der Waals surface area contributed by atoms with Gasteiger partial charge in [0.1, 0.15) is 5.75 Å². The number of hydrogen-bond donors (Lipinski definition) is 2. The lowest BCUT2D eigenvalue weighted by Gasteiger charge is -2.12. The number of para-hydroxylation sites is 1. The molecule has 0 saturated carbocycles. The number of hydrogen-bond acceptors (Lipinski definition) is 3. The molecule has 0 spiro atoms. The van der Waals surface area contributed by atoms with E-state index in [1.54, 1.807) is 42.5 Å². The summed E-state index contributed by atoms with van der Waals surface area (Å²) < 4.78 is 6.28. The number of benzene rings is 2. The van der Waals surface area contributed by atoms with Gasteiger partial charge in [0.25, 0.3) is 11.8 Å². The highest BCUT2D eigenvalue weighted by Gasteiger charge is 2.14. The molecule has 24 heavy (non-hydrogen) atoms. The fraction of sp³-hybridized carbons (Fsp3) is 0.222. The van der Waals surface area contributed by atoms with Gasteiger partial charge in [-0.2, -0.15) is 0 Å². The van der Waals surface area contributed by atoms with E-state index in [1.165, 1.54) is 0 Å². The lowest BCUT2D eigenvalue weighted by Crippen LogP contribution is -2.41. The summed E-state index contributed by atoms with van der Waals surface area (Å²) in [6.07, 6.45) is 1.92. The van der Waals surface area contributed by atoms with Crippen LogP contribution in [-0.2, 0) is 0 Å². The number of rotatable bonds is 6. The van der Waals surface area contributed by atoms with Gasteiger partial charge >= 0.3 is 0 Å². The molecule has 0 radical (unpaired) electrons. The molecule has 2 rings (SSSR count). The molecule has 2 aromatic carbocycles. The molecule has 0 aliphatic rings. The molecule has 0 unspecified atom stereocenters. The number of hydrazine groups is 1. The summed E-state index contributed by atoms with van der Waals surface area (Å²) in [5, 5.41) is 0. The number of ether oxygens (including phenoxy) is 1. The number of unbranched alkanes of at least 4 members (excludes halogenated alkanes) is 1. The molecule has 126 valence electrons. The van der Waals surface area contributed by atoms with Gasteiger partial charge in [-0.15, -0.1) is 0 Å². The van der Waals surface area contributed by atoms with Gasteiger partial charge < -0.3 is 4.74 Å². The van der Waals surface area contributed by atoms with Gasteiger partial charge in [-0.05, 0) is 46.6 Å². The van der Waals surface area contributed by atoms with Crippen LogP contribution in [0.3, 0.4) is 0 Å². The van der Waals surface area contributed by atoms with Crippen LogP contribution in [0.25, 0.3) is 0 Å². The summed E-state index contributed by atoms with van der Waals surface area (Å²) in [5.74, 6) is -0.332. The molecule has 0 aliphatic heterocycles. The van der Waals surface area contributed by atoms with E-state index in [2.05, 4.69) is 33.7 Å². The van der Waals surface area contributed by atoms with Crippen LogP contribution in [0.1, 0.15) is 40.5 Å². The van der Waals surface area contributed by atoms with Gasteiger partial charge in [0, 0.05) is 4.47 Å². The molecule has 6 heteroatoms. The Balaban J connectivity index is 2.00. The zero-order valence-electron chi connectivity index (χ0n) is 13.3. The van der Waals surface area contributed by atoms with E-state index in [-0.39, 0.29) is 0 Å². The van der Waals surface area contributed by atoms with Crippen molar-refractivity contribution in [2.75, 3.05) is 6.61 Å². The second-order valence-corrected chi connectivity index (χ2v) is 5.94. The minimum absolute atomic E-state index is 0.376. The van der Waals surface area contributed by atoms with Gasteiger partial charge in [-0.25, -0.2) is 0 Å². The van der Waals surface area contributed by atoms with E-state index < -0.39 is 11.8 Å². The highest BCUT2D eigenvalue weighted by atomic mass is 79.9. The van der Waals surface area contributed by atoms with Crippen LogP contribution in [0.4, 0.5) is 0 Å². The average molecular weight is 391 g/mol. The minimum atomic E-state index is -0.428. The number of carbonyl (C=O) groups is 2. The average Bonchev–Trinajstić information content (AvgIpc) is 2.60. The Kier molecular flexibility index (Phi) is 6.81. The lowest BCUT2D eigenvalue weighted by molar-refractivity contribution is 0.0844. The summed E-state index contributed by atoms with van der Waals surface area (Å²) in [4.78, 5) is 24.4. The van der Waals surface area contributed by atoms with E-state index in [9.17, 15) is 9.59 Å². The predicted molar refractivity (Wildman–Crippen MR) is 95.9 cm³/mol. The summed E-state index contributed by atoms with van der Waals surface area (Å²) in [6, 6.07) is 13.9. The highest BCUT2D eigenvalue weighted by Crippen LogP contribution is 2.18. The number of nitrogens with one attached hydrogen (secondary N) is 2.